The van der Waals surface area contributed by atoms with E-state index in [1.54, 1.807) is 44.5 Å². The molecule has 2 aromatic carbocycles. The lowest BCUT2D eigenvalue weighted by Crippen LogP contribution is -2.36. The molecule has 0 amide bonds. The number of benzene rings is 2. The Morgan fingerprint density at radius 3 is 2.62 bits per heavy atom. The molecule has 0 spiro atoms. The molecule has 13 nitrogen and oxygen atoms in total. The SMILES string of the molecule is CC[C@@H](O[C@@H]1C(OP(=S)(N[C@H](C)C(=O)OC(C)C)Oc2cccc3ccccc23)[C@]1(O)CF)n1cnc2c(NC)nc(N)nc21. The van der Waals surface area contributed by atoms with Crippen LogP contribution in [-0.4, -0.2) is 74.3 Å². The van der Waals surface area contributed by atoms with Crippen molar-refractivity contribution in [3.05, 3.63) is 48.8 Å². The van der Waals surface area contributed by atoms with Gasteiger partial charge < -0.3 is 30.2 Å². The van der Waals surface area contributed by atoms with Crippen molar-refractivity contribution in [1.82, 2.24) is 24.6 Å². The third-order valence-corrected chi connectivity index (χ3v) is 9.72. The zero-order chi connectivity index (χ0) is 32.5. The van der Waals surface area contributed by atoms with Gasteiger partial charge in [0, 0.05) is 12.4 Å². The Balaban J connectivity index is 1.44. The third kappa shape index (κ3) is 6.74. The number of rotatable bonds is 14. The number of fused-ring (bicyclic) bond motifs is 2. The van der Waals surface area contributed by atoms with Crippen molar-refractivity contribution >= 4 is 58.1 Å². The van der Waals surface area contributed by atoms with E-state index < -0.39 is 49.4 Å². The first-order chi connectivity index (χ1) is 21.4. The van der Waals surface area contributed by atoms with Gasteiger partial charge in [0.05, 0.1) is 12.4 Å². The summed E-state index contributed by atoms with van der Waals surface area (Å²) >= 11 is 5.91. The molecule has 0 saturated heterocycles. The van der Waals surface area contributed by atoms with Gasteiger partial charge in [-0.05, 0) is 50.5 Å². The van der Waals surface area contributed by atoms with Gasteiger partial charge in [0.2, 0.25) is 5.95 Å². The van der Waals surface area contributed by atoms with Crippen molar-refractivity contribution in [1.29, 1.82) is 0 Å². The smallest absolute Gasteiger partial charge is 0.323 e. The number of ether oxygens (including phenoxy) is 2. The van der Waals surface area contributed by atoms with Gasteiger partial charge in [-0.25, -0.2) is 14.5 Å². The van der Waals surface area contributed by atoms with E-state index in [0.717, 1.165) is 10.8 Å². The van der Waals surface area contributed by atoms with E-state index in [0.29, 0.717) is 29.2 Å². The van der Waals surface area contributed by atoms with E-state index >= 15 is 0 Å². The Bertz CT molecular complexity index is 1740. The normalized spacial score (nSPS) is 22.2. The Morgan fingerprint density at radius 1 is 1.20 bits per heavy atom. The van der Waals surface area contributed by atoms with Crippen LogP contribution in [0.15, 0.2) is 48.8 Å². The molecule has 6 atom stereocenters. The third-order valence-electron chi connectivity index (χ3n) is 7.28. The van der Waals surface area contributed by atoms with Crippen molar-refractivity contribution in [2.45, 2.75) is 70.3 Å². The molecule has 0 radical (unpaired) electrons. The maximum absolute atomic E-state index is 14.5. The van der Waals surface area contributed by atoms with Crippen LogP contribution in [0.25, 0.3) is 21.9 Å². The molecular weight excluding hydrogens is 624 g/mol. The number of anilines is 2. The van der Waals surface area contributed by atoms with Gasteiger partial charge in [-0.15, -0.1) is 0 Å². The number of carbonyl (C=O) groups is 1. The highest BCUT2D eigenvalue weighted by Crippen LogP contribution is 2.56. The number of carbonyl (C=O) groups excluding carboxylic acids is 1. The maximum Gasteiger partial charge on any atom is 0.323 e. The number of nitrogens with two attached hydrogens (primary N) is 1. The molecule has 5 N–H and O–H groups in total. The topological polar surface area (TPSA) is 168 Å². The zero-order valence-electron chi connectivity index (χ0n) is 25.5. The second-order valence-electron chi connectivity index (χ2n) is 11.0. The van der Waals surface area contributed by atoms with Gasteiger partial charge in [-0.3, -0.25) is 13.9 Å². The number of esters is 1. The molecule has 16 heteroatoms. The minimum Gasteiger partial charge on any atom is -0.462 e. The number of hydrogen-bond donors (Lipinski definition) is 4. The summed E-state index contributed by atoms with van der Waals surface area (Å²) in [5.74, 6) is 0.276. The zero-order valence-corrected chi connectivity index (χ0v) is 27.2. The summed E-state index contributed by atoms with van der Waals surface area (Å²) in [6, 6.07) is 12.0. The number of imidazole rings is 1. The van der Waals surface area contributed by atoms with E-state index in [-0.39, 0.29) is 12.1 Å². The Hall–Kier alpha value is -3.46. The number of nitrogen functional groups attached to an aromatic ring is 1. The van der Waals surface area contributed by atoms with Gasteiger partial charge in [0.1, 0.15) is 36.9 Å². The Labute approximate surface area is 264 Å². The number of halogens is 1. The minimum atomic E-state index is -3.68. The molecule has 1 aliphatic rings. The molecule has 2 heterocycles. The van der Waals surface area contributed by atoms with E-state index in [4.69, 9.17) is 36.1 Å². The lowest BCUT2D eigenvalue weighted by Gasteiger charge is -2.27. The number of nitrogens with one attached hydrogen (secondary N) is 2. The van der Waals surface area contributed by atoms with Crippen LogP contribution in [0, 0.1) is 0 Å². The fourth-order valence-electron chi connectivity index (χ4n) is 4.95. The van der Waals surface area contributed by atoms with Crippen molar-refractivity contribution in [3.8, 4) is 5.75 Å². The fraction of sp³-hybridized carbons (Fsp3) is 0.448. The number of aliphatic hydroxyl groups is 1. The summed E-state index contributed by atoms with van der Waals surface area (Å²) in [5.41, 5.74) is 4.73. The number of nitrogens with zero attached hydrogens (tertiary/aromatic N) is 4. The standard InChI is InChI=1S/C29H37FN7O6PS/c1-6-21(37-15-33-22-25(32-5)34-28(31)35-26(22)37)41-23-24(29(23,39)14-30)43-44(45,36-17(4)27(38)40-16(2)3)42-20-13-9-11-18-10-7-8-12-19(18)20/h7-13,15-17,21,23-24,39H,6,14H2,1-5H3,(H,36,45)(H3,31,32,34,35)/t17-,21-,23-,24?,29+,44?/m1/s1. The van der Waals surface area contributed by atoms with E-state index in [1.165, 1.54) is 6.33 Å². The van der Waals surface area contributed by atoms with Crippen LogP contribution in [0.2, 0.25) is 0 Å². The molecule has 1 aliphatic carbocycles. The number of aromatic nitrogens is 4. The maximum atomic E-state index is 14.5. The predicted octanol–water partition coefficient (Wildman–Crippen LogP) is 4.23. The summed E-state index contributed by atoms with van der Waals surface area (Å²) < 4.78 is 40.3. The second kappa shape index (κ2) is 13.1. The molecule has 4 aromatic rings. The van der Waals surface area contributed by atoms with Crippen LogP contribution in [0.5, 0.6) is 5.75 Å². The highest BCUT2D eigenvalue weighted by molar-refractivity contribution is 8.09. The van der Waals surface area contributed by atoms with Crippen LogP contribution in [0.3, 0.4) is 0 Å². The van der Waals surface area contributed by atoms with Crippen molar-refractivity contribution in [2.75, 3.05) is 24.8 Å². The highest BCUT2D eigenvalue weighted by Gasteiger charge is 2.70. The minimum absolute atomic E-state index is 0.0267. The lowest BCUT2D eigenvalue weighted by molar-refractivity contribution is -0.149. The number of alkyl halides is 1. The summed E-state index contributed by atoms with van der Waals surface area (Å²) in [5, 5.41) is 18.8. The Kier molecular flexibility index (Phi) is 9.59. The average molecular weight is 662 g/mol. The first-order valence-electron chi connectivity index (χ1n) is 14.5. The van der Waals surface area contributed by atoms with Crippen LogP contribution < -0.4 is 20.7 Å². The summed E-state index contributed by atoms with van der Waals surface area (Å²) in [7, 11) is 1.68. The van der Waals surface area contributed by atoms with E-state index in [9.17, 15) is 14.3 Å². The van der Waals surface area contributed by atoms with Crippen molar-refractivity contribution < 1.29 is 32.8 Å². The van der Waals surface area contributed by atoms with Gasteiger partial charge in [0.25, 0.3) is 0 Å². The van der Waals surface area contributed by atoms with Gasteiger partial charge in [-0.1, -0.05) is 43.3 Å². The predicted molar refractivity (Wildman–Crippen MR) is 172 cm³/mol. The first kappa shape index (κ1) is 32.9. The first-order valence-corrected chi connectivity index (χ1v) is 17.1. The molecule has 1 fully saturated rings. The quantitative estimate of drug-likeness (QED) is 0.112. The summed E-state index contributed by atoms with van der Waals surface area (Å²) in [6.07, 6.45) is -1.58. The van der Waals surface area contributed by atoms with Crippen LogP contribution in [0.4, 0.5) is 16.2 Å². The molecule has 5 rings (SSSR count). The van der Waals surface area contributed by atoms with Crippen LogP contribution in [0.1, 0.15) is 40.3 Å². The van der Waals surface area contributed by atoms with Crippen molar-refractivity contribution in [3.63, 3.8) is 0 Å². The van der Waals surface area contributed by atoms with Crippen LogP contribution in [-0.2, 0) is 30.6 Å². The molecule has 2 unspecified atom stereocenters. The van der Waals surface area contributed by atoms with Gasteiger partial charge >= 0.3 is 12.6 Å². The average Bonchev–Trinajstić information content (AvgIpc) is 3.30. The molecular formula is C29H37FN7O6PS. The van der Waals surface area contributed by atoms with Gasteiger partial charge in [0.15, 0.2) is 22.6 Å². The molecule has 1 saturated carbocycles. The summed E-state index contributed by atoms with van der Waals surface area (Å²) in [6.45, 7) is 2.01. The molecule has 45 heavy (non-hydrogen) atoms. The lowest BCUT2D eigenvalue weighted by atomic mass is 10.1. The Morgan fingerprint density at radius 2 is 1.93 bits per heavy atom. The molecule has 0 aliphatic heterocycles. The van der Waals surface area contributed by atoms with E-state index in [2.05, 4.69) is 25.4 Å². The van der Waals surface area contributed by atoms with Gasteiger partial charge in [-0.2, -0.15) is 9.97 Å². The van der Waals surface area contributed by atoms with E-state index in [1.807, 2.05) is 37.3 Å². The van der Waals surface area contributed by atoms with Crippen LogP contribution >= 0.6 is 6.64 Å². The van der Waals surface area contributed by atoms with Crippen molar-refractivity contribution in [2.24, 2.45) is 0 Å². The molecule has 0 bridgehead atoms. The fourth-order valence-corrected chi connectivity index (χ4v) is 7.69. The monoisotopic (exact) mass is 661 g/mol. The summed E-state index contributed by atoms with van der Waals surface area (Å²) in [4.78, 5) is 25.6. The largest absolute Gasteiger partial charge is 0.462 e. The molecule has 242 valence electrons. The highest BCUT2D eigenvalue weighted by atomic mass is 32.5. The molecule has 2 aromatic heterocycles. The second-order valence-corrected chi connectivity index (χ2v) is 14.1. The number of hydrogen-bond acceptors (Lipinski definition) is 12.